The van der Waals surface area contributed by atoms with E-state index in [1.54, 1.807) is 12.1 Å². The van der Waals surface area contributed by atoms with Crippen LogP contribution in [-0.2, 0) is 16.1 Å². The van der Waals surface area contributed by atoms with E-state index in [1.165, 1.54) is 12.1 Å². The van der Waals surface area contributed by atoms with Gasteiger partial charge in [-0.25, -0.2) is 4.39 Å². The summed E-state index contributed by atoms with van der Waals surface area (Å²) in [7, 11) is 0. The zero-order valence-electron chi connectivity index (χ0n) is 16.1. The number of nitrogens with zero attached hydrogens (tertiary/aromatic N) is 3. The molecular weight excluding hydrogens is 349 g/mol. The summed E-state index contributed by atoms with van der Waals surface area (Å²) < 4.78 is 24.5. The molecule has 1 saturated heterocycles. The Morgan fingerprint density at radius 3 is 2.52 bits per heavy atom. The molecule has 0 radical (unpaired) electrons. The Morgan fingerprint density at radius 2 is 1.93 bits per heavy atom. The molecule has 1 aromatic heterocycles. The van der Waals surface area contributed by atoms with Gasteiger partial charge < -0.3 is 19.1 Å². The van der Waals surface area contributed by atoms with E-state index in [-0.39, 0.29) is 17.8 Å². The smallest absolute Gasteiger partial charge is 0.233 e. The number of anilines is 1. The lowest BCUT2D eigenvalue weighted by Crippen LogP contribution is -2.38. The van der Waals surface area contributed by atoms with Crippen LogP contribution in [0, 0.1) is 5.82 Å². The Balaban J connectivity index is 2.02. The quantitative estimate of drug-likeness (QED) is 0.774. The van der Waals surface area contributed by atoms with Gasteiger partial charge in [0.2, 0.25) is 11.8 Å². The van der Waals surface area contributed by atoms with Crippen molar-refractivity contribution in [3.63, 3.8) is 0 Å². The van der Waals surface area contributed by atoms with Gasteiger partial charge in [0.25, 0.3) is 0 Å². The molecule has 0 spiro atoms. The number of morpholine rings is 1. The van der Waals surface area contributed by atoms with Gasteiger partial charge in [-0.3, -0.25) is 4.79 Å². The van der Waals surface area contributed by atoms with Crippen LogP contribution in [0.3, 0.4) is 0 Å². The average molecular weight is 375 g/mol. The maximum absolute atomic E-state index is 13.3. The number of amides is 1. The van der Waals surface area contributed by atoms with Gasteiger partial charge in [-0.05, 0) is 38.1 Å². The van der Waals surface area contributed by atoms with Gasteiger partial charge in [-0.15, -0.1) is 0 Å². The zero-order valence-corrected chi connectivity index (χ0v) is 16.1. The summed E-state index contributed by atoms with van der Waals surface area (Å²) in [5.74, 6) is 0.429. The van der Waals surface area contributed by atoms with Crippen LogP contribution in [0.2, 0.25) is 0 Å². The van der Waals surface area contributed by atoms with E-state index in [1.807, 2.05) is 25.7 Å². The number of carbonyl (C=O) groups excluding carboxylic acids is 1. The van der Waals surface area contributed by atoms with E-state index in [0.29, 0.717) is 50.8 Å². The Labute approximate surface area is 158 Å². The molecule has 0 bridgehead atoms. The molecule has 1 aliphatic rings. The highest BCUT2D eigenvalue weighted by atomic mass is 19.1. The molecule has 146 valence electrons. The van der Waals surface area contributed by atoms with Crippen LogP contribution in [0.15, 0.2) is 28.8 Å². The fourth-order valence-corrected chi connectivity index (χ4v) is 3.22. The molecular formula is C20H26FN3O3. The molecule has 0 unspecified atom stereocenters. The summed E-state index contributed by atoms with van der Waals surface area (Å²) in [4.78, 5) is 16.4. The van der Waals surface area contributed by atoms with Gasteiger partial charge in [-0.2, -0.15) is 0 Å². The van der Waals surface area contributed by atoms with Crippen molar-refractivity contribution >= 4 is 11.8 Å². The first-order valence-electron chi connectivity index (χ1n) is 9.38. The predicted molar refractivity (Wildman–Crippen MR) is 101 cm³/mol. The van der Waals surface area contributed by atoms with Crippen LogP contribution in [0.5, 0.6) is 0 Å². The predicted octanol–water partition coefficient (Wildman–Crippen LogP) is 3.46. The summed E-state index contributed by atoms with van der Waals surface area (Å²) >= 11 is 0. The van der Waals surface area contributed by atoms with E-state index in [0.717, 1.165) is 11.1 Å². The topological polar surface area (TPSA) is 58.8 Å². The van der Waals surface area contributed by atoms with Crippen molar-refractivity contribution < 1.29 is 18.4 Å². The van der Waals surface area contributed by atoms with Gasteiger partial charge in [0, 0.05) is 31.1 Å². The van der Waals surface area contributed by atoms with Crippen molar-refractivity contribution in [2.75, 3.05) is 31.2 Å². The third-order valence-electron chi connectivity index (χ3n) is 4.76. The Kier molecular flexibility index (Phi) is 6.11. The summed E-state index contributed by atoms with van der Waals surface area (Å²) in [6.45, 7) is 8.88. The number of carbonyl (C=O) groups is 1. The number of rotatable bonds is 6. The molecule has 7 heteroatoms. The van der Waals surface area contributed by atoms with Gasteiger partial charge >= 0.3 is 0 Å². The highest BCUT2D eigenvalue weighted by Gasteiger charge is 2.27. The lowest BCUT2D eigenvalue weighted by Gasteiger charge is -2.30. The minimum absolute atomic E-state index is 0.0472. The Bertz CT molecular complexity index is 767. The fraction of sp³-hybridized carbons (Fsp3) is 0.500. The van der Waals surface area contributed by atoms with E-state index >= 15 is 0 Å². The third-order valence-corrected chi connectivity index (χ3v) is 4.76. The second kappa shape index (κ2) is 8.52. The molecule has 1 aliphatic heterocycles. The van der Waals surface area contributed by atoms with E-state index in [4.69, 9.17) is 9.26 Å². The van der Waals surface area contributed by atoms with Crippen LogP contribution in [0.25, 0.3) is 11.3 Å². The SMILES string of the molecule is CCC(=O)N(Cc1c(-c2ccc(F)cc2)noc1N1CCOCC1)C(C)C. The maximum Gasteiger partial charge on any atom is 0.233 e. The van der Waals surface area contributed by atoms with Crippen molar-refractivity contribution in [3.05, 3.63) is 35.6 Å². The molecule has 1 amide bonds. The largest absolute Gasteiger partial charge is 0.378 e. The highest BCUT2D eigenvalue weighted by Crippen LogP contribution is 2.33. The van der Waals surface area contributed by atoms with Crippen molar-refractivity contribution in [3.8, 4) is 11.3 Å². The van der Waals surface area contributed by atoms with Gasteiger partial charge in [0.15, 0.2) is 0 Å². The highest BCUT2D eigenvalue weighted by molar-refractivity contribution is 5.77. The first-order chi connectivity index (χ1) is 13.0. The summed E-state index contributed by atoms with van der Waals surface area (Å²) in [5, 5.41) is 4.27. The molecule has 0 atom stereocenters. The lowest BCUT2D eigenvalue weighted by atomic mass is 10.1. The van der Waals surface area contributed by atoms with Crippen molar-refractivity contribution in [1.82, 2.24) is 10.1 Å². The second-order valence-electron chi connectivity index (χ2n) is 6.89. The molecule has 1 aromatic carbocycles. The molecule has 6 nitrogen and oxygen atoms in total. The molecule has 2 aromatic rings. The van der Waals surface area contributed by atoms with Crippen LogP contribution >= 0.6 is 0 Å². The number of hydrogen-bond donors (Lipinski definition) is 0. The zero-order chi connectivity index (χ0) is 19.4. The first-order valence-corrected chi connectivity index (χ1v) is 9.38. The minimum atomic E-state index is -0.304. The van der Waals surface area contributed by atoms with Crippen molar-refractivity contribution in [1.29, 1.82) is 0 Å². The summed E-state index contributed by atoms with van der Waals surface area (Å²) in [5.41, 5.74) is 2.26. The van der Waals surface area contributed by atoms with E-state index in [9.17, 15) is 9.18 Å². The van der Waals surface area contributed by atoms with Crippen LogP contribution < -0.4 is 4.90 Å². The Hall–Kier alpha value is -2.41. The van der Waals surface area contributed by atoms with Gasteiger partial charge in [0.05, 0.1) is 25.3 Å². The third kappa shape index (κ3) is 4.30. The average Bonchev–Trinajstić information content (AvgIpc) is 3.10. The number of hydrogen-bond acceptors (Lipinski definition) is 5. The molecule has 1 fully saturated rings. The normalized spacial score (nSPS) is 14.6. The van der Waals surface area contributed by atoms with Crippen molar-refractivity contribution in [2.45, 2.75) is 39.8 Å². The van der Waals surface area contributed by atoms with Crippen LogP contribution in [0.4, 0.5) is 10.3 Å². The van der Waals surface area contributed by atoms with E-state index < -0.39 is 0 Å². The van der Waals surface area contributed by atoms with E-state index in [2.05, 4.69) is 10.1 Å². The molecule has 3 rings (SSSR count). The molecule has 27 heavy (non-hydrogen) atoms. The number of aromatic nitrogens is 1. The fourth-order valence-electron chi connectivity index (χ4n) is 3.22. The molecule has 0 saturated carbocycles. The Morgan fingerprint density at radius 1 is 1.26 bits per heavy atom. The van der Waals surface area contributed by atoms with Crippen LogP contribution in [-0.4, -0.2) is 48.3 Å². The maximum atomic E-state index is 13.3. The number of ether oxygens (including phenoxy) is 1. The number of halogens is 1. The second-order valence-corrected chi connectivity index (χ2v) is 6.89. The minimum Gasteiger partial charge on any atom is -0.378 e. The molecule has 0 aliphatic carbocycles. The monoisotopic (exact) mass is 375 g/mol. The molecule has 2 heterocycles. The van der Waals surface area contributed by atoms with Gasteiger partial charge in [0.1, 0.15) is 11.5 Å². The van der Waals surface area contributed by atoms with Gasteiger partial charge in [-0.1, -0.05) is 12.1 Å². The summed E-state index contributed by atoms with van der Waals surface area (Å²) in [6.07, 6.45) is 0.433. The standard InChI is InChI=1S/C20H26FN3O3/c1-4-18(25)24(14(2)3)13-17-19(15-5-7-16(21)8-6-15)22-27-20(17)23-9-11-26-12-10-23/h5-8,14H,4,9-13H2,1-3H3. The van der Waals surface area contributed by atoms with Crippen LogP contribution in [0.1, 0.15) is 32.8 Å². The van der Waals surface area contributed by atoms with Crippen molar-refractivity contribution in [2.24, 2.45) is 0 Å². The molecule has 0 N–H and O–H groups in total. The number of benzene rings is 1. The lowest BCUT2D eigenvalue weighted by molar-refractivity contribution is -0.133. The summed E-state index contributed by atoms with van der Waals surface area (Å²) in [6, 6.07) is 6.22. The first kappa shape index (κ1) is 19.4.